The Kier molecular flexibility index (Phi) is 5.38. The van der Waals surface area contributed by atoms with E-state index < -0.39 is 29.0 Å². The summed E-state index contributed by atoms with van der Waals surface area (Å²) in [7, 11) is 0. The highest BCUT2D eigenvalue weighted by atomic mass is 35.5. The number of anilines is 3. The third-order valence-electron chi connectivity index (χ3n) is 3.10. The van der Waals surface area contributed by atoms with Gasteiger partial charge in [-0.3, -0.25) is 5.43 Å². The maximum Gasteiger partial charge on any atom is 0.189 e. The highest BCUT2D eigenvalue weighted by Gasteiger charge is 2.18. The molecule has 10 heteroatoms. The monoisotopic (exact) mass is 400 g/mol. The Bertz CT molecular complexity index is 936. The largest absolute Gasteiger partial charge is 0.331 e. The van der Waals surface area contributed by atoms with Crippen LogP contribution in [0.2, 0.25) is 5.15 Å². The standard InChI is InChI=1S/C16H9ClF4N4S/c17-15-11(26-16(24-15)23-8-4-2-1-3-5-8)7-22-25-14-12(20)9(18)6-10(19)13(14)21/h1-7,25H,(H,23,24)/b22-7+. The second kappa shape index (κ2) is 7.71. The van der Waals surface area contributed by atoms with Crippen LogP contribution in [0.4, 0.5) is 34.1 Å². The molecule has 0 saturated heterocycles. The predicted molar refractivity (Wildman–Crippen MR) is 94.3 cm³/mol. The first-order valence-corrected chi connectivity index (χ1v) is 8.25. The molecule has 0 aliphatic carbocycles. The number of nitrogens with one attached hydrogen (secondary N) is 2. The first-order valence-electron chi connectivity index (χ1n) is 7.06. The van der Waals surface area contributed by atoms with Crippen LogP contribution in [-0.4, -0.2) is 11.2 Å². The van der Waals surface area contributed by atoms with Gasteiger partial charge in [0.1, 0.15) is 5.69 Å². The van der Waals surface area contributed by atoms with E-state index in [0.29, 0.717) is 10.0 Å². The van der Waals surface area contributed by atoms with Gasteiger partial charge in [-0.25, -0.2) is 22.5 Å². The van der Waals surface area contributed by atoms with Crippen LogP contribution < -0.4 is 10.7 Å². The van der Waals surface area contributed by atoms with E-state index in [4.69, 9.17) is 11.6 Å². The van der Waals surface area contributed by atoms with Gasteiger partial charge in [0.05, 0.1) is 11.1 Å². The lowest BCUT2D eigenvalue weighted by Gasteiger charge is -2.05. The van der Waals surface area contributed by atoms with Crippen molar-refractivity contribution < 1.29 is 17.6 Å². The van der Waals surface area contributed by atoms with Gasteiger partial charge >= 0.3 is 0 Å². The van der Waals surface area contributed by atoms with Gasteiger partial charge in [0, 0.05) is 11.8 Å². The number of halogens is 5. The van der Waals surface area contributed by atoms with Crippen LogP contribution in [0.3, 0.4) is 0 Å². The van der Waals surface area contributed by atoms with Crippen molar-refractivity contribution in [2.75, 3.05) is 10.7 Å². The smallest absolute Gasteiger partial charge is 0.189 e. The molecule has 134 valence electrons. The molecule has 0 amide bonds. The molecule has 2 aromatic carbocycles. The van der Waals surface area contributed by atoms with E-state index in [1.807, 2.05) is 35.8 Å². The van der Waals surface area contributed by atoms with Gasteiger partial charge in [-0.1, -0.05) is 41.1 Å². The summed E-state index contributed by atoms with van der Waals surface area (Å²) in [6.07, 6.45) is 1.14. The number of hydrogen-bond donors (Lipinski definition) is 2. The average Bonchev–Trinajstić information content (AvgIpc) is 2.96. The molecule has 0 radical (unpaired) electrons. The second-order valence-corrected chi connectivity index (χ2v) is 6.27. The van der Waals surface area contributed by atoms with Crippen molar-refractivity contribution >= 4 is 45.7 Å². The summed E-state index contributed by atoms with van der Waals surface area (Å²) in [4.78, 5) is 4.45. The Morgan fingerprint density at radius 2 is 1.69 bits per heavy atom. The van der Waals surface area contributed by atoms with Gasteiger partial charge in [0.25, 0.3) is 0 Å². The Labute approximate surface area is 154 Å². The van der Waals surface area contributed by atoms with E-state index in [2.05, 4.69) is 15.4 Å². The predicted octanol–water partition coefficient (Wildman–Crippen LogP) is 5.54. The number of hydrogen-bond acceptors (Lipinski definition) is 5. The summed E-state index contributed by atoms with van der Waals surface area (Å²) in [5.41, 5.74) is 1.69. The number of hydrazone groups is 1. The fourth-order valence-corrected chi connectivity index (χ4v) is 2.97. The Morgan fingerprint density at radius 3 is 2.35 bits per heavy atom. The van der Waals surface area contributed by atoms with Gasteiger partial charge < -0.3 is 5.32 Å². The topological polar surface area (TPSA) is 49.3 Å². The summed E-state index contributed by atoms with van der Waals surface area (Å²) in [6.45, 7) is 0. The zero-order chi connectivity index (χ0) is 18.7. The lowest BCUT2D eigenvalue weighted by atomic mass is 10.2. The maximum atomic E-state index is 13.5. The Hall–Kier alpha value is -2.65. The number of thiazole rings is 1. The lowest BCUT2D eigenvalue weighted by Crippen LogP contribution is -2.02. The molecule has 0 aliphatic rings. The molecule has 0 aliphatic heterocycles. The molecule has 0 unspecified atom stereocenters. The van der Waals surface area contributed by atoms with Crippen molar-refractivity contribution in [3.05, 3.63) is 69.7 Å². The number of rotatable bonds is 5. The van der Waals surface area contributed by atoms with E-state index in [1.165, 1.54) is 0 Å². The molecule has 1 heterocycles. The Morgan fingerprint density at radius 1 is 1.04 bits per heavy atom. The highest BCUT2D eigenvalue weighted by Crippen LogP contribution is 2.28. The van der Waals surface area contributed by atoms with Crippen LogP contribution in [0, 0.1) is 23.3 Å². The quantitative estimate of drug-likeness (QED) is 0.256. The molecule has 0 fully saturated rings. The first-order chi connectivity index (χ1) is 12.5. The summed E-state index contributed by atoms with van der Waals surface area (Å²) in [5, 5.41) is 7.17. The van der Waals surface area contributed by atoms with Crippen molar-refractivity contribution in [3.8, 4) is 0 Å². The zero-order valence-electron chi connectivity index (χ0n) is 12.7. The molecular weight excluding hydrogens is 392 g/mol. The van der Waals surface area contributed by atoms with E-state index in [9.17, 15) is 17.6 Å². The first kappa shape index (κ1) is 18.2. The summed E-state index contributed by atoms with van der Waals surface area (Å²) in [6, 6.07) is 9.30. The summed E-state index contributed by atoms with van der Waals surface area (Å²) < 4.78 is 53.3. The molecule has 1 aromatic heterocycles. The molecule has 0 atom stereocenters. The number of para-hydroxylation sites is 1. The zero-order valence-corrected chi connectivity index (χ0v) is 14.3. The summed E-state index contributed by atoms with van der Waals surface area (Å²) in [5.74, 6) is -6.23. The molecule has 3 rings (SSSR count). The minimum absolute atomic E-state index is 0.102. The third-order valence-corrected chi connectivity index (χ3v) is 4.41. The van der Waals surface area contributed by atoms with Crippen LogP contribution in [0.15, 0.2) is 41.5 Å². The van der Waals surface area contributed by atoms with Gasteiger partial charge in [0.15, 0.2) is 33.6 Å². The van der Waals surface area contributed by atoms with Crippen LogP contribution in [-0.2, 0) is 0 Å². The Balaban J connectivity index is 1.76. The van der Waals surface area contributed by atoms with Gasteiger partial charge in [-0.15, -0.1) is 0 Å². The molecule has 3 aromatic rings. The van der Waals surface area contributed by atoms with Gasteiger partial charge in [-0.05, 0) is 12.1 Å². The molecule has 4 nitrogen and oxygen atoms in total. The van der Waals surface area contributed by atoms with E-state index >= 15 is 0 Å². The van der Waals surface area contributed by atoms with Crippen LogP contribution in [0.25, 0.3) is 0 Å². The number of benzene rings is 2. The minimum Gasteiger partial charge on any atom is -0.331 e. The average molecular weight is 401 g/mol. The minimum atomic E-state index is -1.58. The number of aromatic nitrogens is 1. The molecule has 0 saturated carbocycles. The fourth-order valence-electron chi connectivity index (χ4n) is 1.92. The third kappa shape index (κ3) is 3.94. The number of nitrogens with zero attached hydrogens (tertiary/aromatic N) is 2. The molecule has 2 N–H and O–H groups in total. The van der Waals surface area contributed by atoms with Crippen LogP contribution >= 0.6 is 22.9 Å². The second-order valence-electron chi connectivity index (χ2n) is 4.88. The van der Waals surface area contributed by atoms with Crippen LogP contribution in [0.1, 0.15) is 4.88 Å². The van der Waals surface area contributed by atoms with E-state index in [0.717, 1.165) is 23.2 Å². The molecule has 0 bridgehead atoms. The molecule has 0 spiro atoms. The van der Waals surface area contributed by atoms with E-state index in [1.54, 1.807) is 0 Å². The lowest BCUT2D eigenvalue weighted by molar-refractivity contribution is 0.458. The van der Waals surface area contributed by atoms with Crippen molar-refractivity contribution in [2.45, 2.75) is 0 Å². The van der Waals surface area contributed by atoms with Crippen molar-refractivity contribution in [1.29, 1.82) is 0 Å². The van der Waals surface area contributed by atoms with Crippen molar-refractivity contribution in [1.82, 2.24) is 4.98 Å². The van der Waals surface area contributed by atoms with E-state index in [-0.39, 0.29) is 11.2 Å². The van der Waals surface area contributed by atoms with Crippen LogP contribution in [0.5, 0.6) is 0 Å². The highest BCUT2D eigenvalue weighted by molar-refractivity contribution is 7.17. The summed E-state index contributed by atoms with van der Waals surface area (Å²) >= 11 is 7.10. The normalized spacial score (nSPS) is 11.1. The van der Waals surface area contributed by atoms with Gasteiger partial charge in [-0.2, -0.15) is 5.10 Å². The van der Waals surface area contributed by atoms with Crippen molar-refractivity contribution in [3.63, 3.8) is 0 Å². The SMILES string of the molecule is Fc1cc(F)c(F)c(N/N=C/c2sc(Nc3ccccc3)nc2Cl)c1F. The molecule has 26 heavy (non-hydrogen) atoms. The fraction of sp³-hybridized carbons (Fsp3) is 0. The van der Waals surface area contributed by atoms with Gasteiger partial charge in [0.2, 0.25) is 0 Å². The molecular formula is C16H9ClF4N4S. The maximum absolute atomic E-state index is 13.5. The van der Waals surface area contributed by atoms with Crippen molar-refractivity contribution in [2.24, 2.45) is 5.10 Å².